The van der Waals surface area contributed by atoms with Gasteiger partial charge in [0.2, 0.25) is 0 Å². The van der Waals surface area contributed by atoms with Crippen molar-refractivity contribution in [3.05, 3.63) is 55.7 Å². The van der Waals surface area contributed by atoms with Gasteiger partial charge in [-0.05, 0) is 36.0 Å². The molecule has 6 nitrogen and oxygen atoms in total. The minimum Gasteiger partial charge on any atom is -0.327 e. The van der Waals surface area contributed by atoms with Gasteiger partial charge in [0.1, 0.15) is 0 Å². The average molecular weight is 342 g/mol. The van der Waals surface area contributed by atoms with E-state index in [1.165, 1.54) is 34.7 Å². The zero-order valence-corrected chi connectivity index (χ0v) is 14.4. The van der Waals surface area contributed by atoms with Crippen molar-refractivity contribution in [2.75, 3.05) is 0 Å². The van der Waals surface area contributed by atoms with Crippen LogP contribution in [0.5, 0.6) is 0 Å². The van der Waals surface area contributed by atoms with Crippen molar-refractivity contribution in [3.8, 4) is 0 Å². The van der Waals surface area contributed by atoms with E-state index in [0.29, 0.717) is 16.3 Å². The van der Waals surface area contributed by atoms with E-state index in [-0.39, 0.29) is 11.2 Å². The normalized spacial score (nSPS) is 13.6. The Morgan fingerprint density at radius 2 is 2.04 bits per heavy atom. The number of H-pyrrole nitrogens is 1. The number of thioether (sulfide) groups is 1. The number of benzene rings is 1. The number of aromatic nitrogens is 4. The second-order valence-corrected chi connectivity index (χ2v) is 7.11. The standard InChI is InChI=1S/C17H18N4O2S/c1-20-14-13(15(22)21(2)17(20)23)18-16(19-14)24-9-11-7-3-5-10-6-4-8-12(10)11/h3,5,7H,4,6,8-9H2,1-2H3,(H,18,19). The van der Waals surface area contributed by atoms with Gasteiger partial charge in [0.25, 0.3) is 5.56 Å². The molecule has 0 aliphatic heterocycles. The minimum absolute atomic E-state index is 0.340. The molecule has 1 aliphatic rings. The first-order valence-corrected chi connectivity index (χ1v) is 8.93. The molecule has 0 spiro atoms. The van der Waals surface area contributed by atoms with E-state index in [0.717, 1.165) is 23.2 Å². The van der Waals surface area contributed by atoms with E-state index in [9.17, 15) is 9.59 Å². The molecule has 1 aliphatic carbocycles. The number of imidazole rings is 1. The monoisotopic (exact) mass is 342 g/mol. The number of nitrogens with zero attached hydrogens (tertiary/aromatic N) is 3. The molecule has 2 heterocycles. The number of aryl methyl sites for hydroxylation is 2. The summed E-state index contributed by atoms with van der Waals surface area (Å²) in [5.41, 5.74) is 4.32. The third-order valence-corrected chi connectivity index (χ3v) is 5.60. The summed E-state index contributed by atoms with van der Waals surface area (Å²) in [6.45, 7) is 0. The Balaban J connectivity index is 1.68. The number of nitrogens with one attached hydrogen (secondary N) is 1. The molecule has 0 bridgehead atoms. The fraction of sp³-hybridized carbons (Fsp3) is 0.353. The third kappa shape index (κ3) is 2.31. The molecule has 3 aromatic rings. The average Bonchev–Trinajstić information content (AvgIpc) is 3.23. The first-order chi connectivity index (χ1) is 11.6. The first kappa shape index (κ1) is 15.3. The molecule has 0 radical (unpaired) electrons. The van der Waals surface area contributed by atoms with Gasteiger partial charge in [0.15, 0.2) is 16.3 Å². The maximum Gasteiger partial charge on any atom is 0.332 e. The third-order valence-electron chi connectivity index (χ3n) is 4.68. The smallest absolute Gasteiger partial charge is 0.327 e. The van der Waals surface area contributed by atoms with Crippen LogP contribution in [0.3, 0.4) is 0 Å². The summed E-state index contributed by atoms with van der Waals surface area (Å²) in [4.78, 5) is 31.7. The van der Waals surface area contributed by atoms with E-state index in [4.69, 9.17) is 0 Å². The molecule has 4 rings (SSSR count). The van der Waals surface area contributed by atoms with Crippen molar-refractivity contribution in [1.82, 2.24) is 19.1 Å². The molecular weight excluding hydrogens is 324 g/mol. The maximum absolute atomic E-state index is 12.2. The van der Waals surface area contributed by atoms with Gasteiger partial charge in [-0.15, -0.1) is 0 Å². The molecule has 0 fully saturated rings. The molecule has 7 heteroatoms. The Morgan fingerprint density at radius 3 is 2.88 bits per heavy atom. The van der Waals surface area contributed by atoms with Crippen LogP contribution in [0.2, 0.25) is 0 Å². The molecule has 24 heavy (non-hydrogen) atoms. The number of aromatic amines is 1. The minimum atomic E-state index is -0.364. The maximum atomic E-state index is 12.2. The van der Waals surface area contributed by atoms with Crippen LogP contribution in [-0.4, -0.2) is 19.1 Å². The molecule has 0 saturated carbocycles. The highest BCUT2D eigenvalue weighted by molar-refractivity contribution is 7.98. The number of rotatable bonds is 3. The second kappa shape index (κ2) is 5.66. The summed E-state index contributed by atoms with van der Waals surface area (Å²) in [6, 6.07) is 6.48. The van der Waals surface area contributed by atoms with Crippen molar-refractivity contribution in [3.63, 3.8) is 0 Å². The number of hydrogen-bond acceptors (Lipinski definition) is 4. The summed E-state index contributed by atoms with van der Waals surface area (Å²) in [5.74, 6) is 0.803. The van der Waals surface area contributed by atoms with Crippen LogP contribution in [0.1, 0.15) is 23.1 Å². The number of hydrogen-bond donors (Lipinski definition) is 1. The summed E-state index contributed by atoms with van der Waals surface area (Å²) in [7, 11) is 3.11. The zero-order chi connectivity index (χ0) is 16.8. The fourth-order valence-electron chi connectivity index (χ4n) is 3.35. The van der Waals surface area contributed by atoms with Gasteiger partial charge in [-0.25, -0.2) is 9.78 Å². The van der Waals surface area contributed by atoms with Crippen LogP contribution in [0.15, 0.2) is 32.9 Å². The molecule has 2 aromatic heterocycles. The lowest BCUT2D eigenvalue weighted by atomic mass is 10.1. The van der Waals surface area contributed by atoms with Crippen molar-refractivity contribution >= 4 is 22.9 Å². The number of fused-ring (bicyclic) bond motifs is 2. The van der Waals surface area contributed by atoms with Crippen LogP contribution in [0.25, 0.3) is 11.2 Å². The lowest BCUT2D eigenvalue weighted by Crippen LogP contribution is -2.36. The van der Waals surface area contributed by atoms with E-state index < -0.39 is 0 Å². The van der Waals surface area contributed by atoms with Gasteiger partial charge in [-0.2, -0.15) is 0 Å². The van der Waals surface area contributed by atoms with Crippen LogP contribution in [0, 0.1) is 0 Å². The quantitative estimate of drug-likeness (QED) is 0.736. The van der Waals surface area contributed by atoms with E-state index in [1.807, 2.05) is 0 Å². The van der Waals surface area contributed by atoms with Crippen LogP contribution < -0.4 is 11.2 Å². The van der Waals surface area contributed by atoms with Gasteiger partial charge in [-0.1, -0.05) is 30.0 Å². The summed E-state index contributed by atoms with van der Waals surface area (Å²) in [6.07, 6.45) is 3.53. The van der Waals surface area contributed by atoms with Crippen molar-refractivity contribution in [1.29, 1.82) is 0 Å². The lowest BCUT2D eigenvalue weighted by molar-refractivity contribution is 0.708. The van der Waals surface area contributed by atoms with Gasteiger partial charge in [-0.3, -0.25) is 13.9 Å². The SMILES string of the molecule is Cn1c(=O)c2[nH]c(SCc3cccc4c3CCC4)nc2n(C)c1=O. The van der Waals surface area contributed by atoms with Gasteiger partial charge in [0.05, 0.1) is 0 Å². The lowest BCUT2D eigenvalue weighted by Gasteiger charge is -2.06. The van der Waals surface area contributed by atoms with Crippen molar-refractivity contribution < 1.29 is 0 Å². The van der Waals surface area contributed by atoms with Crippen molar-refractivity contribution in [2.45, 2.75) is 30.2 Å². The fourth-order valence-corrected chi connectivity index (χ4v) is 4.24. The van der Waals surface area contributed by atoms with E-state index in [2.05, 4.69) is 28.2 Å². The molecule has 0 amide bonds. The zero-order valence-electron chi connectivity index (χ0n) is 13.6. The second-order valence-electron chi connectivity index (χ2n) is 6.14. The van der Waals surface area contributed by atoms with Gasteiger partial charge < -0.3 is 4.98 Å². The highest BCUT2D eigenvalue weighted by Gasteiger charge is 2.16. The van der Waals surface area contributed by atoms with Crippen LogP contribution in [-0.2, 0) is 32.7 Å². The molecule has 0 atom stereocenters. The van der Waals surface area contributed by atoms with Gasteiger partial charge in [0, 0.05) is 19.8 Å². The van der Waals surface area contributed by atoms with Crippen molar-refractivity contribution in [2.24, 2.45) is 14.1 Å². The van der Waals surface area contributed by atoms with Crippen LogP contribution >= 0.6 is 11.8 Å². The highest BCUT2D eigenvalue weighted by atomic mass is 32.2. The van der Waals surface area contributed by atoms with E-state index >= 15 is 0 Å². The Kier molecular flexibility index (Phi) is 3.60. The first-order valence-electron chi connectivity index (χ1n) is 7.94. The largest absolute Gasteiger partial charge is 0.332 e. The Morgan fingerprint density at radius 1 is 1.21 bits per heavy atom. The summed E-state index contributed by atoms with van der Waals surface area (Å²) in [5, 5.41) is 0.666. The molecule has 1 aromatic carbocycles. The predicted molar refractivity (Wildman–Crippen MR) is 94.6 cm³/mol. The molecular formula is C17H18N4O2S. The van der Waals surface area contributed by atoms with E-state index in [1.54, 1.807) is 18.8 Å². The predicted octanol–water partition coefficient (Wildman–Crippen LogP) is 1.74. The molecule has 124 valence electrons. The highest BCUT2D eigenvalue weighted by Crippen LogP contribution is 2.29. The Bertz CT molecular complexity index is 1060. The summed E-state index contributed by atoms with van der Waals surface area (Å²) < 4.78 is 2.50. The molecule has 0 unspecified atom stereocenters. The Hall–Kier alpha value is -2.28. The Labute approximate surface area is 142 Å². The van der Waals surface area contributed by atoms with Gasteiger partial charge >= 0.3 is 5.69 Å². The summed E-state index contributed by atoms with van der Waals surface area (Å²) >= 11 is 1.56. The topological polar surface area (TPSA) is 72.7 Å². The molecule has 0 saturated heterocycles. The molecule has 1 N–H and O–H groups in total. The van der Waals surface area contributed by atoms with Crippen LogP contribution in [0.4, 0.5) is 0 Å².